The summed E-state index contributed by atoms with van der Waals surface area (Å²) in [6.45, 7) is 2.42. The Labute approximate surface area is 55.0 Å². The van der Waals surface area contributed by atoms with Crippen molar-refractivity contribution in [1.82, 2.24) is 0 Å². The SMILES string of the molecule is CCC(C[NH3+])O[P+](=O)O. The van der Waals surface area contributed by atoms with Crippen LogP contribution >= 0.6 is 8.25 Å². The van der Waals surface area contributed by atoms with Gasteiger partial charge in [-0.1, -0.05) is 6.92 Å². The molecular formula is C4H12NO3P+2. The normalized spacial score (nSPS) is 15.2. The molecule has 0 saturated heterocycles. The third-order valence-electron chi connectivity index (χ3n) is 1.02. The fraction of sp³-hybridized carbons (Fsp3) is 1.00. The minimum atomic E-state index is -2.44. The Bertz CT molecular complexity index is 93.8. The molecule has 0 rings (SSSR count). The van der Waals surface area contributed by atoms with Gasteiger partial charge in [-0.05, 0) is 6.42 Å². The van der Waals surface area contributed by atoms with Gasteiger partial charge in [0.05, 0.1) is 0 Å². The maximum atomic E-state index is 10.0. The van der Waals surface area contributed by atoms with Gasteiger partial charge in [0.15, 0.2) is 6.10 Å². The van der Waals surface area contributed by atoms with E-state index < -0.39 is 8.25 Å². The van der Waals surface area contributed by atoms with Crippen LogP contribution in [-0.2, 0) is 9.09 Å². The molecule has 0 saturated carbocycles. The third-order valence-corrected chi connectivity index (χ3v) is 1.50. The molecule has 0 aliphatic heterocycles. The summed E-state index contributed by atoms with van der Waals surface area (Å²) >= 11 is 0. The molecule has 0 aromatic heterocycles. The lowest BCUT2D eigenvalue weighted by Crippen LogP contribution is -2.55. The molecule has 4 nitrogen and oxygen atoms in total. The smallest absolute Gasteiger partial charge is 0.355 e. The predicted molar refractivity (Wildman–Crippen MR) is 32.7 cm³/mol. The molecule has 0 radical (unpaired) electrons. The number of quaternary nitrogens is 1. The molecule has 0 aromatic carbocycles. The lowest BCUT2D eigenvalue weighted by atomic mass is 10.3. The molecule has 0 aromatic rings. The van der Waals surface area contributed by atoms with Crippen LogP contribution in [0, 0.1) is 0 Å². The fourth-order valence-electron chi connectivity index (χ4n) is 0.459. The van der Waals surface area contributed by atoms with Gasteiger partial charge < -0.3 is 5.73 Å². The van der Waals surface area contributed by atoms with Crippen molar-refractivity contribution in [3.05, 3.63) is 0 Å². The van der Waals surface area contributed by atoms with E-state index in [0.29, 0.717) is 6.54 Å². The molecule has 2 unspecified atom stereocenters. The average Bonchev–Trinajstić information content (AvgIpc) is 1.82. The highest BCUT2D eigenvalue weighted by atomic mass is 31.1. The zero-order valence-corrected chi connectivity index (χ0v) is 6.30. The Morgan fingerprint density at radius 1 is 1.89 bits per heavy atom. The summed E-state index contributed by atoms with van der Waals surface area (Å²) in [6.07, 6.45) is 0.559. The van der Waals surface area contributed by atoms with Gasteiger partial charge in [-0.15, -0.1) is 9.42 Å². The second-order valence-corrected chi connectivity index (χ2v) is 2.35. The van der Waals surface area contributed by atoms with E-state index in [1.165, 1.54) is 0 Å². The maximum Gasteiger partial charge on any atom is 0.695 e. The molecule has 0 aliphatic carbocycles. The fourth-order valence-corrected chi connectivity index (χ4v) is 0.968. The molecule has 0 heterocycles. The minimum absolute atomic E-state index is 0.168. The largest absolute Gasteiger partial charge is 0.695 e. The maximum absolute atomic E-state index is 10.0. The van der Waals surface area contributed by atoms with Crippen LogP contribution in [0.15, 0.2) is 0 Å². The van der Waals surface area contributed by atoms with E-state index in [-0.39, 0.29) is 6.10 Å². The van der Waals surface area contributed by atoms with Crippen LogP contribution in [0.2, 0.25) is 0 Å². The summed E-state index contributed by atoms with van der Waals surface area (Å²) in [5.74, 6) is 0. The van der Waals surface area contributed by atoms with E-state index in [2.05, 4.69) is 10.3 Å². The topological polar surface area (TPSA) is 74.2 Å². The van der Waals surface area contributed by atoms with Gasteiger partial charge in [0, 0.05) is 4.57 Å². The number of rotatable bonds is 4. The first kappa shape index (κ1) is 8.98. The van der Waals surface area contributed by atoms with Crippen molar-refractivity contribution in [2.75, 3.05) is 6.54 Å². The molecule has 0 fully saturated rings. The van der Waals surface area contributed by atoms with Crippen molar-refractivity contribution in [3.8, 4) is 0 Å². The first-order valence-electron chi connectivity index (χ1n) is 2.82. The van der Waals surface area contributed by atoms with Crippen molar-refractivity contribution < 1.29 is 19.7 Å². The molecule has 0 spiro atoms. The van der Waals surface area contributed by atoms with Gasteiger partial charge >= 0.3 is 8.25 Å². The van der Waals surface area contributed by atoms with Crippen LogP contribution in [0.5, 0.6) is 0 Å². The van der Waals surface area contributed by atoms with Gasteiger partial charge in [-0.25, -0.2) is 0 Å². The second kappa shape index (κ2) is 4.82. The summed E-state index contributed by atoms with van der Waals surface area (Å²) in [4.78, 5) is 8.24. The lowest BCUT2D eigenvalue weighted by molar-refractivity contribution is -0.381. The van der Waals surface area contributed by atoms with E-state index in [0.717, 1.165) is 6.42 Å². The molecule has 5 heteroatoms. The van der Waals surface area contributed by atoms with E-state index in [1.54, 1.807) is 0 Å². The molecule has 0 bridgehead atoms. The number of hydrogen-bond acceptors (Lipinski definition) is 2. The van der Waals surface area contributed by atoms with Crippen molar-refractivity contribution >= 4 is 8.25 Å². The minimum Gasteiger partial charge on any atom is -0.355 e. The van der Waals surface area contributed by atoms with Crippen LogP contribution in [0.4, 0.5) is 0 Å². The monoisotopic (exact) mass is 153 g/mol. The molecule has 0 aliphatic rings. The van der Waals surface area contributed by atoms with Crippen molar-refractivity contribution in [2.45, 2.75) is 19.4 Å². The molecule has 4 N–H and O–H groups in total. The highest BCUT2D eigenvalue weighted by molar-refractivity contribution is 7.32. The van der Waals surface area contributed by atoms with Gasteiger partial charge in [0.25, 0.3) is 0 Å². The van der Waals surface area contributed by atoms with Crippen LogP contribution in [-0.4, -0.2) is 17.5 Å². The lowest BCUT2D eigenvalue weighted by Gasteiger charge is -1.97. The van der Waals surface area contributed by atoms with Crippen molar-refractivity contribution in [3.63, 3.8) is 0 Å². The van der Waals surface area contributed by atoms with Gasteiger partial charge in [0.1, 0.15) is 6.54 Å². The van der Waals surface area contributed by atoms with E-state index in [9.17, 15) is 4.57 Å². The quantitative estimate of drug-likeness (QED) is 0.543. The summed E-state index contributed by atoms with van der Waals surface area (Å²) < 4.78 is 14.6. The number of hydrogen-bond donors (Lipinski definition) is 2. The van der Waals surface area contributed by atoms with E-state index in [4.69, 9.17) is 4.89 Å². The summed E-state index contributed by atoms with van der Waals surface area (Å²) in [5.41, 5.74) is 3.55. The highest BCUT2D eigenvalue weighted by Gasteiger charge is 2.20. The van der Waals surface area contributed by atoms with Gasteiger partial charge in [-0.2, -0.15) is 0 Å². The zero-order valence-electron chi connectivity index (χ0n) is 5.41. The Morgan fingerprint density at radius 2 is 2.44 bits per heavy atom. The molecule has 0 amide bonds. The Morgan fingerprint density at radius 3 is 2.56 bits per heavy atom. The summed E-state index contributed by atoms with van der Waals surface area (Å²) in [6, 6.07) is 0. The predicted octanol–water partition coefficient (Wildman–Crippen LogP) is -0.327. The first-order chi connectivity index (χ1) is 4.20. The molecule has 54 valence electrons. The van der Waals surface area contributed by atoms with Crippen LogP contribution in [0.3, 0.4) is 0 Å². The average molecular weight is 153 g/mol. The van der Waals surface area contributed by atoms with Crippen molar-refractivity contribution in [1.29, 1.82) is 0 Å². The molecular weight excluding hydrogens is 141 g/mol. The van der Waals surface area contributed by atoms with Crippen LogP contribution in [0.1, 0.15) is 13.3 Å². The van der Waals surface area contributed by atoms with E-state index in [1.807, 2.05) is 6.92 Å². The molecule has 2 atom stereocenters. The van der Waals surface area contributed by atoms with Crippen LogP contribution in [0.25, 0.3) is 0 Å². The zero-order chi connectivity index (χ0) is 7.28. The third kappa shape index (κ3) is 4.48. The van der Waals surface area contributed by atoms with Crippen LogP contribution < -0.4 is 5.73 Å². The Hall–Kier alpha value is -0.0200. The summed E-state index contributed by atoms with van der Waals surface area (Å²) in [5, 5.41) is 0. The Kier molecular flexibility index (Phi) is 4.81. The summed E-state index contributed by atoms with van der Waals surface area (Å²) in [7, 11) is -2.44. The Balaban J connectivity index is 3.43. The highest BCUT2D eigenvalue weighted by Crippen LogP contribution is 2.18. The van der Waals surface area contributed by atoms with E-state index >= 15 is 0 Å². The molecule has 9 heavy (non-hydrogen) atoms. The first-order valence-corrected chi connectivity index (χ1v) is 3.95. The standard InChI is InChI=1S/C4H10NO3P/c1-2-4(3-5)8-9(6)7/h4H,2-3,5H2,1H3/p+2. The second-order valence-electron chi connectivity index (χ2n) is 1.66. The van der Waals surface area contributed by atoms with Crippen molar-refractivity contribution in [2.24, 2.45) is 0 Å². The van der Waals surface area contributed by atoms with Gasteiger partial charge in [0.2, 0.25) is 0 Å². The van der Waals surface area contributed by atoms with Gasteiger partial charge in [-0.3, -0.25) is 0 Å².